The lowest BCUT2D eigenvalue weighted by Crippen LogP contribution is -2.36. The summed E-state index contributed by atoms with van der Waals surface area (Å²) in [6.45, 7) is 1.89. The van der Waals surface area contributed by atoms with E-state index in [1.54, 1.807) is 18.2 Å². The summed E-state index contributed by atoms with van der Waals surface area (Å²) in [5, 5.41) is 3.28. The van der Waals surface area contributed by atoms with Crippen LogP contribution < -0.4 is 10.1 Å². The number of hydrogen-bond donors (Lipinski definition) is 1. The molecule has 1 aromatic rings. The Hall–Kier alpha value is -1.22. The Balaban J connectivity index is 2.40. The number of ether oxygens (including phenoxy) is 1. The van der Waals surface area contributed by atoms with Gasteiger partial charge in [-0.15, -0.1) is 0 Å². The number of para-hydroxylation sites is 1. The van der Waals surface area contributed by atoms with Gasteiger partial charge in [-0.1, -0.05) is 24.6 Å². The summed E-state index contributed by atoms with van der Waals surface area (Å²) in [5.41, 5.74) is 0.646. The third kappa shape index (κ3) is 1.44. The summed E-state index contributed by atoms with van der Waals surface area (Å²) in [6, 6.07) is 5.28. The normalized spacial score (nSPS) is 19.6. The van der Waals surface area contributed by atoms with Crippen molar-refractivity contribution in [2.45, 2.75) is 19.4 Å². The zero-order chi connectivity index (χ0) is 10.1. The lowest BCUT2D eigenvalue weighted by Gasteiger charge is -2.25. The molecule has 2 rings (SSSR count). The Kier molecular flexibility index (Phi) is 2.33. The highest BCUT2D eigenvalue weighted by Crippen LogP contribution is 2.36. The van der Waals surface area contributed by atoms with E-state index in [9.17, 15) is 4.79 Å². The summed E-state index contributed by atoms with van der Waals surface area (Å²) in [4.78, 5) is 11.4. The number of carbonyl (C=O) groups excluding carboxylic acids is 1. The molecule has 0 aromatic heterocycles. The summed E-state index contributed by atoms with van der Waals surface area (Å²) in [6.07, 6.45) is 0.207. The maximum atomic E-state index is 11.4. The molecule has 0 radical (unpaired) electrons. The van der Waals surface area contributed by atoms with Gasteiger partial charge in [0.15, 0.2) is 11.9 Å². The van der Waals surface area contributed by atoms with Crippen molar-refractivity contribution in [3.8, 4) is 5.75 Å². The zero-order valence-corrected chi connectivity index (χ0v) is 8.47. The first kappa shape index (κ1) is 9.34. The average Bonchev–Trinajstić information content (AvgIpc) is 2.17. The molecule has 0 spiro atoms. The van der Waals surface area contributed by atoms with Gasteiger partial charge in [0.05, 0.1) is 10.7 Å². The topological polar surface area (TPSA) is 38.3 Å². The standard InChI is InChI=1S/C10H10ClNO2/c1-2-8-10(13)12-7-5-3-4-6(11)9(7)14-8/h3-5,8H,2H2,1H3,(H,12,13). The summed E-state index contributed by atoms with van der Waals surface area (Å²) < 4.78 is 5.48. The molecule has 0 saturated heterocycles. The van der Waals surface area contributed by atoms with Crippen molar-refractivity contribution < 1.29 is 9.53 Å². The molecule has 1 amide bonds. The molecule has 1 N–H and O–H groups in total. The van der Waals surface area contributed by atoms with E-state index in [1.807, 2.05) is 6.92 Å². The van der Waals surface area contributed by atoms with Gasteiger partial charge in [0.2, 0.25) is 0 Å². The van der Waals surface area contributed by atoms with Gasteiger partial charge in [-0.05, 0) is 18.6 Å². The predicted molar refractivity (Wildman–Crippen MR) is 54.8 cm³/mol. The summed E-state index contributed by atoms with van der Waals surface area (Å²) >= 11 is 5.94. The van der Waals surface area contributed by atoms with Crippen LogP contribution >= 0.6 is 11.6 Å². The molecule has 1 heterocycles. The number of amides is 1. The van der Waals surface area contributed by atoms with E-state index < -0.39 is 6.10 Å². The zero-order valence-electron chi connectivity index (χ0n) is 7.71. The van der Waals surface area contributed by atoms with Gasteiger partial charge in [0, 0.05) is 0 Å². The lowest BCUT2D eigenvalue weighted by atomic mass is 10.2. The molecule has 0 saturated carbocycles. The number of carbonyl (C=O) groups is 1. The van der Waals surface area contributed by atoms with Crippen LogP contribution in [-0.2, 0) is 4.79 Å². The van der Waals surface area contributed by atoms with Gasteiger partial charge in [0.1, 0.15) is 0 Å². The van der Waals surface area contributed by atoms with Crippen LogP contribution in [0.15, 0.2) is 18.2 Å². The highest BCUT2D eigenvalue weighted by atomic mass is 35.5. The smallest absolute Gasteiger partial charge is 0.265 e. The maximum Gasteiger partial charge on any atom is 0.265 e. The van der Waals surface area contributed by atoms with Crippen molar-refractivity contribution in [3.05, 3.63) is 23.2 Å². The van der Waals surface area contributed by atoms with Crippen LogP contribution in [0.2, 0.25) is 5.02 Å². The molecule has 14 heavy (non-hydrogen) atoms. The monoisotopic (exact) mass is 211 g/mol. The Labute approximate surface area is 87.0 Å². The first-order valence-corrected chi connectivity index (χ1v) is 4.86. The van der Waals surface area contributed by atoms with E-state index in [-0.39, 0.29) is 5.91 Å². The van der Waals surface area contributed by atoms with Crippen molar-refractivity contribution in [2.75, 3.05) is 5.32 Å². The van der Waals surface area contributed by atoms with E-state index in [4.69, 9.17) is 16.3 Å². The van der Waals surface area contributed by atoms with Crippen molar-refractivity contribution in [1.29, 1.82) is 0 Å². The number of hydrogen-bond acceptors (Lipinski definition) is 2. The molecule has 0 bridgehead atoms. The number of nitrogens with one attached hydrogen (secondary N) is 1. The van der Waals surface area contributed by atoms with Crippen molar-refractivity contribution in [2.24, 2.45) is 0 Å². The van der Waals surface area contributed by atoms with Crippen molar-refractivity contribution in [1.82, 2.24) is 0 Å². The minimum absolute atomic E-state index is 0.109. The fourth-order valence-corrected chi connectivity index (χ4v) is 1.62. The largest absolute Gasteiger partial charge is 0.477 e. The van der Waals surface area contributed by atoms with Crippen LogP contribution in [-0.4, -0.2) is 12.0 Å². The number of fused-ring (bicyclic) bond motifs is 1. The maximum absolute atomic E-state index is 11.4. The Morgan fingerprint density at radius 3 is 3.07 bits per heavy atom. The minimum Gasteiger partial charge on any atom is -0.477 e. The van der Waals surface area contributed by atoms with Crippen LogP contribution in [0.1, 0.15) is 13.3 Å². The van der Waals surface area contributed by atoms with Gasteiger partial charge in [-0.3, -0.25) is 4.79 Å². The van der Waals surface area contributed by atoms with E-state index in [1.165, 1.54) is 0 Å². The SMILES string of the molecule is CCC1Oc2c(Cl)cccc2NC1=O. The van der Waals surface area contributed by atoms with Crippen LogP contribution in [0, 0.1) is 0 Å². The number of halogens is 1. The molecule has 0 fully saturated rings. The molecule has 0 aliphatic carbocycles. The van der Waals surface area contributed by atoms with Gasteiger partial charge in [-0.2, -0.15) is 0 Å². The Morgan fingerprint density at radius 2 is 2.36 bits per heavy atom. The van der Waals surface area contributed by atoms with Gasteiger partial charge in [0.25, 0.3) is 5.91 Å². The molecule has 1 aliphatic rings. The van der Waals surface area contributed by atoms with E-state index in [2.05, 4.69) is 5.32 Å². The molecular weight excluding hydrogens is 202 g/mol. The van der Waals surface area contributed by atoms with Crippen molar-refractivity contribution in [3.63, 3.8) is 0 Å². The molecule has 1 atom stereocenters. The second-order valence-corrected chi connectivity index (χ2v) is 3.53. The molecule has 1 aliphatic heterocycles. The fraction of sp³-hybridized carbons (Fsp3) is 0.300. The second kappa shape index (κ2) is 3.50. The molecular formula is C10H10ClNO2. The van der Waals surface area contributed by atoms with Crippen LogP contribution in [0.5, 0.6) is 5.75 Å². The van der Waals surface area contributed by atoms with Crippen LogP contribution in [0.4, 0.5) is 5.69 Å². The average molecular weight is 212 g/mol. The van der Waals surface area contributed by atoms with Gasteiger partial charge < -0.3 is 10.1 Å². The molecule has 1 aromatic carbocycles. The Morgan fingerprint density at radius 1 is 1.57 bits per heavy atom. The molecule has 1 unspecified atom stereocenters. The van der Waals surface area contributed by atoms with E-state index >= 15 is 0 Å². The Bertz CT molecular complexity index is 378. The first-order valence-electron chi connectivity index (χ1n) is 4.48. The van der Waals surface area contributed by atoms with Crippen LogP contribution in [0.3, 0.4) is 0 Å². The third-order valence-electron chi connectivity index (χ3n) is 2.15. The fourth-order valence-electron chi connectivity index (χ4n) is 1.40. The van der Waals surface area contributed by atoms with Crippen LogP contribution in [0.25, 0.3) is 0 Å². The van der Waals surface area contributed by atoms with Gasteiger partial charge >= 0.3 is 0 Å². The number of rotatable bonds is 1. The quantitative estimate of drug-likeness (QED) is 0.775. The minimum atomic E-state index is -0.428. The first-order chi connectivity index (χ1) is 6.72. The third-order valence-corrected chi connectivity index (χ3v) is 2.45. The highest BCUT2D eigenvalue weighted by molar-refractivity contribution is 6.32. The lowest BCUT2D eigenvalue weighted by molar-refractivity contribution is -0.123. The van der Waals surface area contributed by atoms with E-state index in [0.717, 1.165) is 0 Å². The van der Waals surface area contributed by atoms with Crippen molar-refractivity contribution >= 4 is 23.2 Å². The molecule has 3 nitrogen and oxygen atoms in total. The molecule has 74 valence electrons. The highest BCUT2D eigenvalue weighted by Gasteiger charge is 2.27. The summed E-state index contributed by atoms with van der Waals surface area (Å²) in [5.74, 6) is 0.461. The van der Waals surface area contributed by atoms with E-state index in [0.29, 0.717) is 22.9 Å². The number of benzene rings is 1. The summed E-state index contributed by atoms with van der Waals surface area (Å²) in [7, 11) is 0. The molecule has 4 heteroatoms. The second-order valence-electron chi connectivity index (χ2n) is 3.12. The van der Waals surface area contributed by atoms with Gasteiger partial charge in [-0.25, -0.2) is 0 Å². The predicted octanol–water partition coefficient (Wildman–Crippen LogP) is 2.45. The number of anilines is 1.